The molecule has 2 atom stereocenters. The maximum Gasteiger partial charge on any atom is 0.334 e. The molecule has 0 N–H and O–H groups in total. The molecule has 0 saturated carbocycles. The quantitative estimate of drug-likeness (QED) is 0.332. The van der Waals surface area contributed by atoms with Crippen LogP contribution in [0.15, 0.2) is 89.4 Å². The number of carbonyl (C=O) groups excluding carboxylic acids is 1. The molecule has 0 spiro atoms. The Bertz CT molecular complexity index is 1080. The van der Waals surface area contributed by atoms with Crippen molar-refractivity contribution in [2.75, 3.05) is 7.11 Å². The molecule has 30 heavy (non-hydrogen) atoms. The van der Waals surface area contributed by atoms with Crippen LogP contribution in [0.2, 0.25) is 0 Å². The number of hydrogen-bond donors (Lipinski definition) is 0. The molecule has 0 unspecified atom stereocenters. The summed E-state index contributed by atoms with van der Waals surface area (Å²) in [7, 11) is 1.60. The fraction of sp³-hybridized carbons (Fsp3) is 0.160. The van der Waals surface area contributed by atoms with Gasteiger partial charge < -0.3 is 14.2 Å². The highest BCUT2D eigenvalue weighted by atomic mass is 79.9. The third kappa shape index (κ3) is 3.98. The number of rotatable bonds is 6. The van der Waals surface area contributed by atoms with Gasteiger partial charge in [0.2, 0.25) is 0 Å². The molecule has 152 valence electrons. The zero-order chi connectivity index (χ0) is 21.1. The molecule has 0 bridgehead atoms. The van der Waals surface area contributed by atoms with Gasteiger partial charge in [-0.1, -0.05) is 77.1 Å². The normalized spacial score (nSPS) is 18.2. The van der Waals surface area contributed by atoms with E-state index in [1.165, 1.54) is 0 Å². The Hall–Kier alpha value is -3.05. The molecule has 3 aromatic carbocycles. The van der Waals surface area contributed by atoms with Crippen molar-refractivity contribution in [2.24, 2.45) is 0 Å². The first-order valence-corrected chi connectivity index (χ1v) is 10.4. The van der Waals surface area contributed by atoms with Crippen LogP contribution in [0.5, 0.6) is 11.5 Å². The lowest BCUT2D eigenvalue weighted by Crippen LogP contribution is -2.08. The van der Waals surface area contributed by atoms with Crippen molar-refractivity contribution in [1.29, 1.82) is 0 Å². The smallest absolute Gasteiger partial charge is 0.334 e. The van der Waals surface area contributed by atoms with Crippen LogP contribution < -0.4 is 9.47 Å². The zero-order valence-corrected chi connectivity index (χ0v) is 18.1. The molecule has 4 rings (SSSR count). The molecule has 1 aliphatic rings. The van der Waals surface area contributed by atoms with E-state index in [1.54, 1.807) is 7.11 Å². The summed E-state index contributed by atoms with van der Waals surface area (Å²) >= 11 is 3.58. The molecular weight excluding hydrogens is 444 g/mol. The van der Waals surface area contributed by atoms with E-state index in [1.807, 2.05) is 72.8 Å². The van der Waals surface area contributed by atoms with Crippen LogP contribution in [0.3, 0.4) is 0 Å². The second-order valence-electron chi connectivity index (χ2n) is 7.03. The SMILES string of the molecule is C=C1C(=O)O[C@H](c2ccc(OCc3ccccc3)c(OC)c2)[C@@H]1c1ccccc1Br. The molecule has 1 saturated heterocycles. The van der Waals surface area contributed by atoms with E-state index >= 15 is 0 Å². The Kier molecular flexibility index (Phi) is 5.91. The summed E-state index contributed by atoms with van der Waals surface area (Å²) in [4.78, 5) is 12.3. The van der Waals surface area contributed by atoms with Crippen LogP contribution in [0.1, 0.15) is 28.7 Å². The molecule has 0 aromatic heterocycles. The third-order valence-corrected chi connectivity index (χ3v) is 5.89. The second kappa shape index (κ2) is 8.76. The number of methoxy groups -OCH3 is 1. The van der Waals surface area contributed by atoms with Crippen molar-refractivity contribution in [3.8, 4) is 11.5 Å². The number of benzene rings is 3. The summed E-state index contributed by atoms with van der Waals surface area (Å²) in [5, 5.41) is 0. The average molecular weight is 465 g/mol. The summed E-state index contributed by atoms with van der Waals surface area (Å²) in [5.74, 6) is 0.548. The summed E-state index contributed by atoms with van der Waals surface area (Å²) in [6, 6.07) is 23.3. The van der Waals surface area contributed by atoms with Gasteiger partial charge in [-0.3, -0.25) is 0 Å². The molecule has 1 aliphatic heterocycles. The van der Waals surface area contributed by atoms with Gasteiger partial charge in [-0.05, 0) is 34.9 Å². The second-order valence-corrected chi connectivity index (χ2v) is 7.89. The minimum Gasteiger partial charge on any atom is -0.493 e. The van der Waals surface area contributed by atoms with E-state index in [9.17, 15) is 4.79 Å². The molecular formula is C25H21BrO4. The lowest BCUT2D eigenvalue weighted by atomic mass is 9.86. The molecule has 0 radical (unpaired) electrons. The van der Waals surface area contributed by atoms with Gasteiger partial charge in [0, 0.05) is 10.0 Å². The van der Waals surface area contributed by atoms with Crippen molar-refractivity contribution in [2.45, 2.75) is 18.6 Å². The van der Waals surface area contributed by atoms with Crippen LogP contribution >= 0.6 is 15.9 Å². The Labute approximate surface area is 184 Å². The number of cyclic esters (lactones) is 1. The molecule has 0 aliphatic carbocycles. The van der Waals surface area contributed by atoms with Gasteiger partial charge in [0.25, 0.3) is 0 Å². The van der Waals surface area contributed by atoms with Crippen molar-refractivity contribution in [3.05, 3.63) is 106 Å². The standard InChI is InChI=1S/C25H21BrO4/c1-16-23(19-10-6-7-11-20(19)26)24(30-25(16)27)18-12-13-21(22(14-18)28-2)29-15-17-8-4-3-5-9-17/h3-14,23-24H,1,15H2,2H3/t23-,24+/m0/s1. The highest BCUT2D eigenvalue weighted by Gasteiger charge is 2.41. The van der Waals surface area contributed by atoms with Gasteiger partial charge in [0.05, 0.1) is 13.0 Å². The summed E-state index contributed by atoms with van der Waals surface area (Å²) in [5.41, 5.74) is 3.29. The summed E-state index contributed by atoms with van der Waals surface area (Å²) < 4.78 is 18.1. The van der Waals surface area contributed by atoms with E-state index in [2.05, 4.69) is 22.5 Å². The van der Waals surface area contributed by atoms with Crippen molar-refractivity contribution < 1.29 is 19.0 Å². The van der Waals surface area contributed by atoms with Gasteiger partial charge in [-0.25, -0.2) is 4.79 Å². The molecule has 1 heterocycles. The summed E-state index contributed by atoms with van der Waals surface area (Å²) in [6.07, 6.45) is -0.485. The monoisotopic (exact) mass is 464 g/mol. The van der Waals surface area contributed by atoms with Crippen molar-refractivity contribution in [1.82, 2.24) is 0 Å². The average Bonchev–Trinajstić information content (AvgIpc) is 3.07. The summed E-state index contributed by atoms with van der Waals surface area (Å²) in [6.45, 7) is 4.42. The van der Waals surface area contributed by atoms with Gasteiger partial charge in [-0.15, -0.1) is 0 Å². The Morgan fingerprint density at radius 1 is 1.00 bits per heavy atom. The number of esters is 1. The fourth-order valence-corrected chi connectivity index (χ4v) is 4.15. The minimum atomic E-state index is -0.485. The van der Waals surface area contributed by atoms with Gasteiger partial charge in [-0.2, -0.15) is 0 Å². The maximum absolute atomic E-state index is 12.3. The van der Waals surface area contributed by atoms with E-state index in [0.717, 1.165) is 21.2 Å². The predicted molar refractivity (Wildman–Crippen MR) is 119 cm³/mol. The Morgan fingerprint density at radius 3 is 2.47 bits per heavy atom. The fourth-order valence-electron chi connectivity index (χ4n) is 3.62. The first-order valence-electron chi connectivity index (χ1n) is 9.57. The number of carbonyl (C=O) groups is 1. The molecule has 5 heteroatoms. The third-order valence-electron chi connectivity index (χ3n) is 5.17. The van der Waals surface area contributed by atoms with Crippen LogP contribution in [-0.2, 0) is 16.1 Å². The lowest BCUT2D eigenvalue weighted by Gasteiger charge is -2.21. The highest BCUT2D eigenvalue weighted by Crippen LogP contribution is 2.48. The predicted octanol–water partition coefficient (Wildman–Crippen LogP) is 5.97. The van der Waals surface area contributed by atoms with Crippen LogP contribution in [0.25, 0.3) is 0 Å². The van der Waals surface area contributed by atoms with Crippen molar-refractivity contribution >= 4 is 21.9 Å². The largest absolute Gasteiger partial charge is 0.493 e. The number of hydrogen-bond acceptors (Lipinski definition) is 4. The lowest BCUT2D eigenvalue weighted by molar-refractivity contribution is -0.139. The maximum atomic E-state index is 12.3. The van der Waals surface area contributed by atoms with Crippen LogP contribution in [0.4, 0.5) is 0 Å². The Morgan fingerprint density at radius 2 is 1.73 bits per heavy atom. The first kappa shape index (κ1) is 20.2. The van der Waals surface area contributed by atoms with Crippen molar-refractivity contribution in [3.63, 3.8) is 0 Å². The molecule has 3 aromatic rings. The number of halogens is 1. The first-order chi connectivity index (χ1) is 14.6. The molecule has 4 nitrogen and oxygen atoms in total. The van der Waals surface area contributed by atoms with E-state index < -0.39 is 6.10 Å². The Balaban J connectivity index is 1.63. The van der Waals surface area contributed by atoms with Gasteiger partial charge in [0.1, 0.15) is 12.7 Å². The topological polar surface area (TPSA) is 44.8 Å². The number of ether oxygens (including phenoxy) is 3. The van der Waals surface area contributed by atoms with Gasteiger partial charge in [0.15, 0.2) is 11.5 Å². The molecule has 0 amide bonds. The van der Waals surface area contributed by atoms with E-state index in [0.29, 0.717) is 23.7 Å². The van der Waals surface area contributed by atoms with Crippen LogP contribution in [-0.4, -0.2) is 13.1 Å². The highest BCUT2D eigenvalue weighted by molar-refractivity contribution is 9.10. The van der Waals surface area contributed by atoms with E-state index in [4.69, 9.17) is 14.2 Å². The van der Waals surface area contributed by atoms with Crippen LogP contribution in [0, 0.1) is 0 Å². The van der Waals surface area contributed by atoms with Gasteiger partial charge >= 0.3 is 5.97 Å². The minimum absolute atomic E-state index is 0.283. The molecule has 1 fully saturated rings. The zero-order valence-electron chi connectivity index (χ0n) is 16.5. The van der Waals surface area contributed by atoms with E-state index in [-0.39, 0.29) is 11.9 Å².